The molecule has 1 rings (SSSR count). The zero-order valence-electron chi connectivity index (χ0n) is 11.9. The fraction of sp³-hybridized carbons (Fsp3) is 0.588. The molecule has 106 valence electrons. The van der Waals surface area contributed by atoms with Gasteiger partial charge in [0.15, 0.2) is 0 Å². The maximum atomic E-state index is 11.1. The Morgan fingerprint density at radius 1 is 1.05 bits per heavy atom. The predicted molar refractivity (Wildman–Crippen MR) is 78.9 cm³/mol. The van der Waals surface area contributed by atoms with Gasteiger partial charge in [0.1, 0.15) is 6.29 Å². The van der Waals surface area contributed by atoms with Gasteiger partial charge in [-0.05, 0) is 12.0 Å². The molecule has 0 aliphatic heterocycles. The van der Waals surface area contributed by atoms with Gasteiger partial charge in [0.05, 0.1) is 6.10 Å². The third kappa shape index (κ3) is 6.02. The van der Waals surface area contributed by atoms with Gasteiger partial charge in [-0.15, -0.1) is 0 Å². The first-order chi connectivity index (χ1) is 9.29. The number of hydrogen-bond acceptors (Lipinski definition) is 2. The molecule has 0 radical (unpaired) electrons. The second-order valence-corrected chi connectivity index (χ2v) is 5.21. The van der Waals surface area contributed by atoms with Crippen LogP contribution in [0.5, 0.6) is 0 Å². The smallest absolute Gasteiger partial charge is 0.126 e. The van der Waals surface area contributed by atoms with E-state index in [2.05, 4.69) is 6.92 Å². The first-order valence-electron chi connectivity index (χ1n) is 7.48. The van der Waals surface area contributed by atoms with Crippen molar-refractivity contribution in [1.82, 2.24) is 0 Å². The molecule has 2 nitrogen and oxygen atoms in total. The number of benzene rings is 1. The average Bonchev–Trinajstić information content (AvgIpc) is 2.47. The van der Waals surface area contributed by atoms with E-state index in [9.17, 15) is 9.90 Å². The summed E-state index contributed by atoms with van der Waals surface area (Å²) in [6.45, 7) is 2.21. The molecule has 2 atom stereocenters. The molecule has 0 heterocycles. The first kappa shape index (κ1) is 15.9. The lowest BCUT2D eigenvalue weighted by molar-refractivity contribution is -0.114. The fourth-order valence-corrected chi connectivity index (χ4v) is 2.36. The number of aliphatic hydroxyl groups excluding tert-OH is 1. The highest BCUT2D eigenvalue weighted by molar-refractivity contribution is 5.55. The molecule has 0 spiro atoms. The molecule has 1 aromatic rings. The molecule has 1 N–H and O–H groups in total. The van der Waals surface area contributed by atoms with Crippen LogP contribution in [-0.2, 0) is 4.79 Å². The van der Waals surface area contributed by atoms with Crippen LogP contribution < -0.4 is 0 Å². The molecule has 0 aromatic heterocycles. The van der Waals surface area contributed by atoms with Crippen LogP contribution in [0, 0.1) is 5.92 Å². The third-order valence-corrected chi connectivity index (χ3v) is 3.61. The van der Waals surface area contributed by atoms with E-state index in [0.29, 0.717) is 0 Å². The van der Waals surface area contributed by atoms with Gasteiger partial charge < -0.3 is 9.90 Å². The zero-order chi connectivity index (χ0) is 13.9. The monoisotopic (exact) mass is 262 g/mol. The first-order valence-corrected chi connectivity index (χ1v) is 7.48. The number of rotatable bonds is 10. The molecule has 0 fully saturated rings. The minimum atomic E-state index is -0.658. The lowest BCUT2D eigenvalue weighted by Crippen LogP contribution is -2.14. The average molecular weight is 262 g/mol. The van der Waals surface area contributed by atoms with Crippen LogP contribution in [0.2, 0.25) is 0 Å². The van der Waals surface area contributed by atoms with E-state index in [-0.39, 0.29) is 5.92 Å². The van der Waals surface area contributed by atoms with Crippen LogP contribution in [0.15, 0.2) is 30.3 Å². The summed E-state index contributed by atoms with van der Waals surface area (Å²) in [5, 5.41) is 10.2. The Bertz CT molecular complexity index is 334. The van der Waals surface area contributed by atoms with Crippen molar-refractivity contribution in [3.63, 3.8) is 0 Å². The highest BCUT2D eigenvalue weighted by atomic mass is 16.3. The number of carbonyl (C=O) groups is 1. The Labute approximate surface area is 116 Å². The Kier molecular flexibility index (Phi) is 8.15. The van der Waals surface area contributed by atoms with E-state index < -0.39 is 6.10 Å². The van der Waals surface area contributed by atoms with Crippen molar-refractivity contribution in [2.75, 3.05) is 0 Å². The standard InChI is InChI=1S/C17H26O2/c1-2-3-4-5-6-8-13-16(14-18)17(19)15-11-9-7-10-12-15/h7,9-12,14,16-17,19H,2-6,8,13H2,1H3/t16-,17-/m0/s1. The SMILES string of the molecule is CCCCCCCC[C@@H](C=O)[C@@H](O)c1ccccc1. The maximum absolute atomic E-state index is 11.1. The summed E-state index contributed by atoms with van der Waals surface area (Å²) in [6, 6.07) is 9.46. The minimum absolute atomic E-state index is 0.270. The molecule has 0 saturated heterocycles. The topological polar surface area (TPSA) is 37.3 Å². The van der Waals surface area contributed by atoms with Crippen LogP contribution in [0.3, 0.4) is 0 Å². The normalized spacial score (nSPS) is 14.0. The number of unbranched alkanes of at least 4 members (excludes halogenated alkanes) is 5. The highest BCUT2D eigenvalue weighted by Gasteiger charge is 2.19. The summed E-state index contributed by atoms with van der Waals surface area (Å²) < 4.78 is 0. The van der Waals surface area contributed by atoms with Crippen LogP contribution >= 0.6 is 0 Å². The van der Waals surface area contributed by atoms with E-state index in [4.69, 9.17) is 0 Å². The molecule has 1 aromatic carbocycles. The van der Waals surface area contributed by atoms with Gasteiger partial charge in [-0.2, -0.15) is 0 Å². The maximum Gasteiger partial charge on any atom is 0.126 e. The van der Waals surface area contributed by atoms with Gasteiger partial charge in [-0.25, -0.2) is 0 Å². The second-order valence-electron chi connectivity index (χ2n) is 5.21. The molecule has 0 aliphatic rings. The molecule has 0 bridgehead atoms. The van der Waals surface area contributed by atoms with Crippen molar-refractivity contribution < 1.29 is 9.90 Å². The van der Waals surface area contributed by atoms with E-state index in [1.807, 2.05) is 30.3 Å². The Hall–Kier alpha value is -1.15. The molecule has 0 amide bonds. The largest absolute Gasteiger partial charge is 0.388 e. The minimum Gasteiger partial charge on any atom is -0.388 e. The molecule has 0 aliphatic carbocycles. The third-order valence-electron chi connectivity index (χ3n) is 3.61. The number of carbonyl (C=O) groups excluding carboxylic acids is 1. The van der Waals surface area contributed by atoms with Gasteiger partial charge in [0.25, 0.3) is 0 Å². The highest BCUT2D eigenvalue weighted by Crippen LogP contribution is 2.25. The summed E-state index contributed by atoms with van der Waals surface area (Å²) in [6.07, 6.45) is 8.28. The molecular formula is C17H26O2. The van der Waals surface area contributed by atoms with Crippen molar-refractivity contribution in [2.45, 2.75) is 58.0 Å². The van der Waals surface area contributed by atoms with E-state index in [1.165, 1.54) is 25.7 Å². The summed E-state index contributed by atoms with van der Waals surface area (Å²) >= 11 is 0. The van der Waals surface area contributed by atoms with E-state index >= 15 is 0 Å². The van der Waals surface area contributed by atoms with Crippen molar-refractivity contribution in [1.29, 1.82) is 0 Å². The van der Waals surface area contributed by atoms with E-state index in [1.54, 1.807) is 0 Å². The zero-order valence-corrected chi connectivity index (χ0v) is 11.9. The van der Waals surface area contributed by atoms with Crippen molar-refractivity contribution in [3.05, 3.63) is 35.9 Å². The second kappa shape index (κ2) is 9.74. The Morgan fingerprint density at radius 3 is 2.32 bits per heavy atom. The van der Waals surface area contributed by atoms with Gasteiger partial charge in [-0.3, -0.25) is 0 Å². The molecule has 0 saturated carbocycles. The van der Waals surface area contributed by atoms with E-state index in [0.717, 1.165) is 31.1 Å². The molecule has 0 unspecified atom stereocenters. The fourth-order valence-electron chi connectivity index (χ4n) is 2.36. The van der Waals surface area contributed by atoms with Crippen LogP contribution in [0.25, 0.3) is 0 Å². The summed E-state index contributed by atoms with van der Waals surface area (Å²) in [4.78, 5) is 11.1. The quantitative estimate of drug-likeness (QED) is 0.504. The van der Waals surface area contributed by atoms with Crippen LogP contribution in [0.4, 0.5) is 0 Å². The number of aliphatic hydroxyl groups is 1. The summed E-state index contributed by atoms with van der Waals surface area (Å²) in [5.74, 6) is -0.270. The Balaban J connectivity index is 2.31. The van der Waals surface area contributed by atoms with Crippen LogP contribution in [-0.4, -0.2) is 11.4 Å². The predicted octanol–water partition coefficient (Wildman–Crippen LogP) is 4.29. The van der Waals surface area contributed by atoms with Gasteiger partial charge in [0.2, 0.25) is 0 Å². The van der Waals surface area contributed by atoms with Gasteiger partial charge in [-0.1, -0.05) is 75.8 Å². The van der Waals surface area contributed by atoms with Gasteiger partial charge in [0, 0.05) is 5.92 Å². The van der Waals surface area contributed by atoms with Gasteiger partial charge >= 0.3 is 0 Å². The van der Waals surface area contributed by atoms with Crippen molar-refractivity contribution in [2.24, 2.45) is 5.92 Å². The van der Waals surface area contributed by atoms with Crippen LogP contribution in [0.1, 0.15) is 63.5 Å². The van der Waals surface area contributed by atoms with Crippen molar-refractivity contribution >= 4 is 6.29 Å². The molecule has 2 heteroatoms. The summed E-state index contributed by atoms with van der Waals surface area (Å²) in [5.41, 5.74) is 0.839. The molecular weight excluding hydrogens is 236 g/mol. The van der Waals surface area contributed by atoms with Crippen molar-refractivity contribution in [3.8, 4) is 0 Å². The molecule has 19 heavy (non-hydrogen) atoms. The number of hydrogen-bond donors (Lipinski definition) is 1. The number of aldehydes is 1. The lowest BCUT2D eigenvalue weighted by atomic mass is 9.92. The lowest BCUT2D eigenvalue weighted by Gasteiger charge is -2.17. The summed E-state index contributed by atoms with van der Waals surface area (Å²) in [7, 11) is 0. The Morgan fingerprint density at radius 2 is 1.68 bits per heavy atom.